The minimum atomic E-state index is -0.168. The minimum absolute atomic E-state index is 0.168. The maximum Gasteiger partial charge on any atom is 0.256 e. The lowest BCUT2D eigenvalue weighted by molar-refractivity contribution is 0.214. The van der Waals surface area contributed by atoms with Crippen molar-refractivity contribution in [3.05, 3.63) is 57.1 Å². The molecule has 1 aromatic carbocycles. The zero-order valence-electron chi connectivity index (χ0n) is 21.3. The van der Waals surface area contributed by atoms with Gasteiger partial charge in [0.05, 0.1) is 19.2 Å². The molecule has 0 spiro atoms. The molecule has 0 atom stereocenters. The lowest BCUT2D eigenvalue weighted by atomic mass is 9.89. The molecule has 0 aliphatic heterocycles. The summed E-state index contributed by atoms with van der Waals surface area (Å²) in [6, 6.07) is 9.04. The van der Waals surface area contributed by atoms with E-state index >= 15 is 0 Å². The van der Waals surface area contributed by atoms with Crippen molar-refractivity contribution in [3.63, 3.8) is 0 Å². The second-order valence-electron chi connectivity index (χ2n) is 9.57. The largest absolute Gasteiger partial charge is 0.496 e. The van der Waals surface area contributed by atoms with E-state index in [9.17, 15) is 4.79 Å². The van der Waals surface area contributed by atoms with E-state index in [1.165, 1.54) is 12.8 Å². The topological polar surface area (TPSA) is 73.5 Å². The average Bonchev–Trinajstić information content (AvgIpc) is 2.84. The number of fused-ring (bicyclic) bond motifs is 1. The van der Waals surface area contributed by atoms with Crippen molar-refractivity contribution in [1.82, 2.24) is 14.9 Å². The zero-order chi connectivity index (χ0) is 25.1. The highest BCUT2D eigenvalue weighted by Gasteiger charge is 2.27. The van der Waals surface area contributed by atoms with Crippen LogP contribution in [0.15, 0.2) is 35.3 Å². The fraction of sp³-hybridized carbons (Fsp3) is 0.481. The third kappa shape index (κ3) is 5.41. The molecule has 0 unspecified atom stereocenters. The van der Waals surface area contributed by atoms with Gasteiger partial charge >= 0.3 is 0 Å². The van der Waals surface area contributed by atoms with Gasteiger partial charge in [0.2, 0.25) is 0 Å². The lowest BCUT2D eigenvalue weighted by Crippen LogP contribution is -2.42. The van der Waals surface area contributed by atoms with E-state index in [0.717, 1.165) is 41.5 Å². The molecule has 35 heavy (non-hydrogen) atoms. The van der Waals surface area contributed by atoms with Crippen molar-refractivity contribution >= 4 is 33.9 Å². The molecule has 0 saturated heterocycles. The highest BCUT2D eigenvalue weighted by atomic mass is 35.5. The summed E-state index contributed by atoms with van der Waals surface area (Å²) in [6.45, 7) is 5.25. The number of aryl methyl sites for hydroxylation is 1. The molecule has 2 aromatic heterocycles. The molecule has 188 valence electrons. The fourth-order valence-corrected chi connectivity index (χ4v) is 5.54. The Hall–Kier alpha value is -2.77. The molecule has 8 heteroatoms. The van der Waals surface area contributed by atoms with Crippen molar-refractivity contribution in [2.24, 2.45) is 0 Å². The number of aromatic amines is 1. The van der Waals surface area contributed by atoms with Gasteiger partial charge in [0.25, 0.3) is 5.56 Å². The number of benzene rings is 1. The normalized spacial score (nSPS) is 18.1. The van der Waals surface area contributed by atoms with Gasteiger partial charge in [-0.05, 0) is 77.9 Å². The molecule has 1 saturated carbocycles. The Kier molecular flexibility index (Phi) is 7.87. The third-order valence-electron chi connectivity index (χ3n) is 7.19. The van der Waals surface area contributed by atoms with Crippen LogP contribution in [0.2, 0.25) is 5.02 Å². The van der Waals surface area contributed by atoms with Gasteiger partial charge in [-0.3, -0.25) is 4.79 Å². The summed E-state index contributed by atoms with van der Waals surface area (Å²) >= 11 is 6.64. The number of aromatic nitrogens is 2. The quantitative estimate of drug-likeness (QED) is 0.445. The number of rotatable bonds is 8. The van der Waals surface area contributed by atoms with Crippen molar-refractivity contribution < 1.29 is 4.74 Å². The van der Waals surface area contributed by atoms with Gasteiger partial charge in [-0.2, -0.15) is 0 Å². The SMILES string of the molecule is CCN(c1cc(Cl)cc2c(NCc3c(OC)cc(C)[nH]c3=O)nccc12)[C@H]1CC[C@@H](N(C)C)CC1. The molecular weight excluding hydrogens is 462 g/mol. The second kappa shape index (κ2) is 10.9. The first-order valence-electron chi connectivity index (χ1n) is 12.3. The first kappa shape index (κ1) is 25.3. The van der Waals surface area contributed by atoms with Crippen LogP contribution in [0, 0.1) is 6.92 Å². The molecule has 2 N–H and O–H groups in total. The molecule has 1 aliphatic carbocycles. The van der Waals surface area contributed by atoms with Crippen LogP contribution >= 0.6 is 11.6 Å². The number of halogens is 1. The zero-order valence-corrected chi connectivity index (χ0v) is 22.1. The number of hydrogen-bond acceptors (Lipinski definition) is 6. The predicted molar refractivity (Wildman–Crippen MR) is 145 cm³/mol. The minimum Gasteiger partial charge on any atom is -0.496 e. The Morgan fingerprint density at radius 1 is 1.14 bits per heavy atom. The van der Waals surface area contributed by atoms with Crippen molar-refractivity contribution in [2.45, 2.75) is 58.2 Å². The first-order chi connectivity index (χ1) is 16.8. The van der Waals surface area contributed by atoms with Gasteiger partial charge in [0.1, 0.15) is 11.6 Å². The van der Waals surface area contributed by atoms with E-state index in [1.807, 2.05) is 25.3 Å². The van der Waals surface area contributed by atoms with Gasteiger partial charge in [-0.25, -0.2) is 4.98 Å². The van der Waals surface area contributed by atoms with Crippen LogP contribution in [0.1, 0.15) is 43.9 Å². The highest BCUT2D eigenvalue weighted by molar-refractivity contribution is 6.32. The summed E-state index contributed by atoms with van der Waals surface area (Å²) in [5.74, 6) is 1.25. The number of nitrogens with zero attached hydrogens (tertiary/aromatic N) is 3. The van der Waals surface area contributed by atoms with Crippen LogP contribution in [-0.2, 0) is 6.54 Å². The highest BCUT2D eigenvalue weighted by Crippen LogP contribution is 2.37. The Bertz CT molecular complexity index is 1230. The van der Waals surface area contributed by atoms with Crippen LogP contribution in [0.3, 0.4) is 0 Å². The number of H-pyrrole nitrogens is 1. The molecule has 1 aliphatic rings. The van der Waals surface area contributed by atoms with E-state index in [0.29, 0.717) is 40.8 Å². The number of methoxy groups -OCH3 is 1. The standard InChI is InChI=1S/C27H36ClN5O2/c1-6-33(20-9-7-19(8-10-20)32(3)4)24-15-18(28)14-22-21(24)11-12-29-26(22)30-16-23-25(35-5)13-17(2)31-27(23)34/h11-15,19-20H,6-10,16H2,1-5H3,(H,29,30)(H,31,34)/t19-,20+. The van der Waals surface area contributed by atoms with Crippen molar-refractivity contribution in [3.8, 4) is 5.75 Å². The molecule has 1 fully saturated rings. The Labute approximate surface area is 212 Å². The number of nitrogens with one attached hydrogen (secondary N) is 2. The fourth-order valence-electron chi connectivity index (χ4n) is 5.33. The Morgan fingerprint density at radius 2 is 1.86 bits per heavy atom. The summed E-state index contributed by atoms with van der Waals surface area (Å²) in [5, 5.41) is 6.08. The van der Waals surface area contributed by atoms with E-state index < -0.39 is 0 Å². The molecule has 7 nitrogen and oxygen atoms in total. The van der Waals surface area contributed by atoms with Crippen molar-refractivity contribution in [2.75, 3.05) is 38.0 Å². The molecule has 2 heterocycles. The number of hydrogen-bond donors (Lipinski definition) is 2. The number of pyridine rings is 2. The van der Waals surface area contributed by atoms with Crippen LogP contribution in [0.25, 0.3) is 10.8 Å². The summed E-state index contributed by atoms with van der Waals surface area (Å²) in [4.78, 5) is 24.8. The molecule has 3 aromatic rings. The van der Waals surface area contributed by atoms with E-state index in [4.69, 9.17) is 16.3 Å². The lowest BCUT2D eigenvalue weighted by Gasteiger charge is -2.40. The first-order valence-corrected chi connectivity index (χ1v) is 12.7. The van der Waals surface area contributed by atoms with Gasteiger partial charge in [-0.15, -0.1) is 0 Å². The monoisotopic (exact) mass is 497 g/mol. The molecule has 0 amide bonds. The van der Waals surface area contributed by atoms with Gasteiger partial charge in [0.15, 0.2) is 0 Å². The Balaban J connectivity index is 1.66. The summed E-state index contributed by atoms with van der Waals surface area (Å²) < 4.78 is 5.45. The Morgan fingerprint density at radius 3 is 2.51 bits per heavy atom. The molecule has 0 radical (unpaired) electrons. The number of anilines is 2. The van der Waals surface area contributed by atoms with Crippen molar-refractivity contribution in [1.29, 1.82) is 0 Å². The number of ether oxygens (including phenoxy) is 1. The van der Waals surface area contributed by atoms with Crippen LogP contribution < -0.4 is 20.5 Å². The molecular formula is C27H36ClN5O2. The van der Waals surface area contributed by atoms with Crippen LogP contribution in [-0.4, -0.2) is 54.7 Å². The van der Waals surface area contributed by atoms with Gasteiger partial charge < -0.3 is 24.8 Å². The van der Waals surface area contributed by atoms with Crippen LogP contribution in [0.5, 0.6) is 5.75 Å². The summed E-state index contributed by atoms with van der Waals surface area (Å²) in [6.07, 6.45) is 6.55. The molecule has 0 bridgehead atoms. The smallest absolute Gasteiger partial charge is 0.256 e. The van der Waals surface area contributed by atoms with E-state index in [-0.39, 0.29) is 5.56 Å². The third-order valence-corrected chi connectivity index (χ3v) is 7.41. The summed E-state index contributed by atoms with van der Waals surface area (Å²) in [7, 11) is 5.93. The van der Waals surface area contributed by atoms with Gasteiger partial charge in [0, 0.05) is 52.0 Å². The summed E-state index contributed by atoms with van der Waals surface area (Å²) in [5.41, 5.74) is 2.26. The molecule has 4 rings (SSSR count). The van der Waals surface area contributed by atoms with E-state index in [1.54, 1.807) is 7.11 Å². The average molecular weight is 498 g/mol. The predicted octanol–water partition coefficient (Wildman–Crippen LogP) is 5.20. The van der Waals surface area contributed by atoms with Crippen LogP contribution in [0.4, 0.5) is 11.5 Å². The maximum absolute atomic E-state index is 12.6. The maximum atomic E-state index is 12.6. The van der Waals surface area contributed by atoms with Gasteiger partial charge in [-0.1, -0.05) is 11.6 Å². The second-order valence-corrected chi connectivity index (χ2v) is 10.0. The van der Waals surface area contributed by atoms with E-state index in [2.05, 4.69) is 58.2 Å².